The third-order valence-electron chi connectivity index (χ3n) is 5.09. The molecule has 8 heteroatoms. The van der Waals surface area contributed by atoms with Crippen LogP contribution in [0, 0.1) is 0 Å². The molecule has 0 fully saturated rings. The minimum absolute atomic E-state index is 0.154. The molecule has 2 aromatic carbocycles. The van der Waals surface area contributed by atoms with Crippen LogP contribution in [0.25, 0.3) is 0 Å². The zero-order valence-corrected chi connectivity index (χ0v) is 18.4. The molecule has 1 N–H and O–H groups in total. The molecule has 2 amide bonds. The van der Waals surface area contributed by atoms with E-state index in [0.29, 0.717) is 39.9 Å². The average molecular weight is 451 g/mol. The van der Waals surface area contributed by atoms with Crippen LogP contribution in [0.2, 0.25) is 10.0 Å². The lowest BCUT2D eigenvalue weighted by Crippen LogP contribution is -2.48. The summed E-state index contributed by atoms with van der Waals surface area (Å²) >= 11 is 12.6. The highest BCUT2D eigenvalue weighted by Crippen LogP contribution is 2.33. The van der Waals surface area contributed by atoms with Crippen molar-refractivity contribution in [1.82, 2.24) is 10.2 Å². The average Bonchev–Trinajstić information content (AvgIpc) is 3.21. The van der Waals surface area contributed by atoms with Crippen LogP contribution in [0.15, 0.2) is 36.4 Å². The highest BCUT2D eigenvalue weighted by Gasteiger charge is 2.29. The molecule has 0 aromatic heterocycles. The van der Waals surface area contributed by atoms with Crippen LogP contribution in [0.4, 0.5) is 0 Å². The number of hydrogen-bond donors (Lipinski definition) is 1. The van der Waals surface area contributed by atoms with Gasteiger partial charge in [-0.1, -0.05) is 42.3 Å². The molecule has 1 aliphatic rings. The summed E-state index contributed by atoms with van der Waals surface area (Å²) < 4.78 is 10.7. The van der Waals surface area contributed by atoms with Crippen molar-refractivity contribution in [3.63, 3.8) is 0 Å². The number of ether oxygens (including phenoxy) is 2. The number of nitrogens with zero attached hydrogens (tertiary/aromatic N) is 1. The summed E-state index contributed by atoms with van der Waals surface area (Å²) in [5.74, 6) is 0.999. The second-order valence-electron chi connectivity index (χ2n) is 6.95. The molecule has 1 heterocycles. The van der Waals surface area contributed by atoms with Crippen molar-refractivity contribution in [2.75, 3.05) is 13.8 Å². The molecule has 6 nitrogen and oxygen atoms in total. The fourth-order valence-electron chi connectivity index (χ4n) is 3.43. The Labute approximate surface area is 186 Å². The maximum Gasteiger partial charge on any atom is 0.242 e. The molecule has 30 heavy (non-hydrogen) atoms. The highest BCUT2D eigenvalue weighted by atomic mass is 35.5. The molecular weight excluding hydrogens is 427 g/mol. The van der Waals surface area contributed by atoms with Gasteiger partial charge in [-0.15, -0.1) is 0 Å². The summed E-state index contributed by atoms with van der Waals surface area (Å²) in [6, 6.07) is 10.2. The van der Waals surface area contributed by atoms with Crippen molar-refractivity contribution in [1.29, 1.82) is 0 Å². The summed E-state index contributed by atoms with van der Waals surface area (Å²) in [6.07, 6.45) is 1.21. The van der Waals surface area contributed by atoms with Gasteiger partial charge in [0.15, 0.2) is 11.5 Å². The Kier molecular flexibility index (Phi) is 7.45. The van der Waals surface area contributed by atoms with Crippen molar-refractivity contribution < 1.29 is 19.1 Å². The number of halogens is 2. The SMILES string of the molecule is CC[C@H](C(=O)NC)N(Cc1c(Cl)cccc1Cl)C(=O)CCc1ccc2c(c1)OCO2. The fraction of sp³-hybridized carbons (Fsp3) is 0.364. The van der Waals surface area contributed by atoms with E-state index in [1.165, 1.54) is 0 Å². The van der Waals surface area contributed by atoms with E-state index in [0.717, 1.165) is 5.56 Å². The van der Waals surface area contributed by atoms with Crippen molar-refractivity contribution in [3.8, 4) is 11.5 Å². The zero-order valence-electron chi connectivity index (χ0n) is 16.9. The first kappa shape index (κ1) is 22.2. The van der Waals surface area contributed by atoms with E-state index in [-0.39, 0.29) is 31.6 Å². The smallest absolute Gasteiger partial charge is 0.242 e. The predicted octanol–water partition coefficient (Wildman–Crippen LogP) is 4.21. The Morgan fingerprint density at radius 2 is 1.83 bits per heavy atom. The second kappa shape index (κ2) is 10.0. The van der Waals surface area contributed by atoms with E-state index >= 15 is 0 Å². The van der Waals surface area contributed by atoms with Crippen molar-refractivity contribution in [2.24, 2.45) is 0 Å². The lowest BCUT2D eigenvalue weighted by Gasteiger charge is -2.31. The van der Waals surface area contributed by atoms with E-state index < -0.39 is 6.04 Å². The van der Waals surface area contributed by atoms with Gasteiger partial charge in [-0.25, -0.2) is 0 Å². The van der Waals surface area contributed by atoms with Gasteiger partial charge in [0, 0.05) is 35.6 Å². The fourth-order valence-corrected chi connectivity index (χ4v) is 3.95. The Bertz CT molecular complexity index is 915. The van der Waals surface area contributed by atoms with Gasteiger partial charge in [-0.2, -0.15) is 0 Å². The van der Waals surface area contributed by atoms with Gasteiger partial charge in [0.05, 0.1) is 0 Å². The standard InChI is InChI=1S/C22H24Cl2N2O4/c1-3-18(22(28)25-2)26(12-15-16(23)5-4-6-17(15)24)21(27)10-8-14-7-9-19-20(11-14)30-13-29-19/h4-7,9,11,18H,3,8,10,12-13H2,1-2H3,(H,25,28)/t18-/m1/s1. The quantitative estimate of drug-likeness (QED) is 0.653. The third kappa shape index (κ3) is 4.99. The van der Waals surface area contributed by atoms with Crippen molar-refractivity contribution in [3.05, 3.63) is 57.6 Å². The summed E-state index contributed by atoms with van der Waals surface area (Å²) in [5, 5.41) is 3.56. The first-order valence-electron chi connectivity index (χ1n) is 9.77. The number of rotatable bonds is 8. The lowest BCUT2D eigenvalue weighted by molar-refractivity contribution is -0.141. The van der Waals surface area contributed by atoms with Crippen molar-refractivity contribution >= 4 is 35.0 Å². The first-order chi connectivity index (χ1) is 14.4. The van der Waals surface area contributed by atoms with Gasteiger partial charge >= 0.3 is 0 Å². The number of benzene rings is 2. The Morgan fingerprint density at radius 1 is 1.13 bits per heavy atom. The number of amides is 2. The zero-order chi connectivity index (χ0) is 21.7. The van der Waals surface area contributed by atoms with Crippen LogP contribution in [0.3, 0.4) is 0 Å². The topological polar surface area (TPSA) is 67.9 Å². The number of hydrogen-bond acceptors (Lipinski definition) is 4. The molecule has 0 bridgehead atoms. The normalized spacial score (nSPS) is 13.1. The Morgan fingerprint density at radius 3 is 2.50 bits per heavy atom. The Balaban J connectivity index is 1.79. The van der Waals surface area contributed by atoms with Gasteiger partial charge in [0.2, 0.25) is 18.6 Å². The minimum atomic E-state index is -0.619. The van der Waals surface area contributed by atoms with Crippen LogP contribution in [0.5, 0.6) is 11.5 Å². The van der Waals surface area contributed by atoms with E-state index in [9.17, 15) is 9.59 Å². The Hall–Kier alpha value is -2.44. The molecule has 0 unspecified atom stereocenters. The predicted molar refractivity (Wildman–Crippen MR) is 116 cm³/mol. The maximum absolute atomic E-state index is 13.2. The molecule has 0 aliphatic carbocycles. The molecule has 0 spiro atoms. The molecule has 0 radical (unpaired) electrons. The second-order valence-corrected chi connectivity index (χ2v) is 7.76. The summed E-state index contributed by atoms with van der Waals surface area (Å²) in [6.45, 7) is 2.23. The molecule has 3 rings (SSSR count). The van der Waals surface area contributed by atoms with Crippen LogP contribution in [-0.4, -0.2) is 36.6 Å². The molecule has 1 aliphatic heterocycles. The number of fused-ring (bicyclic) bond motifs is 1. The van der Waals surface area contributed by atoms with E-state index in [2.05, 4.69) is 5.32 Å². The summed E-state index contributed by atoms with van der Waals surface area (Å²) in [7, 11) is 1.56. The number of carbonyl (C=O) groups is 2. The number of likely N-dealkylation sites (N-methyl/N-ethyl adjacent to an activating group) is 1. The third-order valence-corrected chi connectivity index (χ3v) is 5.80. The van der Waals surface area contributed by atoms with Crippen LogP contribution in [0.1, 0.15) is 30.9 Å². The minimum Gasteiger partial charge on any atom is -0.454 e. The number of nitrogens with one attached hydrogen (secondary N) is 1. The first-order valence-corrected chi connectivity index (χ1v) is 10.5. The van der Waals surface area contributed by atoms with Crippen LogP contribution in [-0.2, 0) is 22.6 Å². The lowest BCUT2D eigenvalue weighted by atomic mass is 10.1. The maximum atomic E-state index is 13.2. The summed E-state index contributed by atoms with van der Waals surface area (Å²) in [4.78, 5) is 27.2. The van der Waals surface area contributed by atoms with E-state index in [1.807, 2.05) is 25.1 Å². The van der Waals surface area contributed by atoms with Gasteiger partial charge in [-0.3, -0.25) is 9.59 Å². The highest BCUT2D eigenvalue weighted by molar-refractivity contribution is 6.36. The van der Waals surface area contributed by atoms with E-state index in [4.69, 9.17) is 32.7 Å². The monoisotopic (exact) mass is 450 g/mol. The largest absolute Gasteiger partial charge is 0.454 e. The van der Waals surface area contributed by atoms with Crippen LogP contribution < -0.4 is 14.8 Å². The molecule has 1 atom stereocenters. The van der Waals surface area contributed by atoms with Gasteiger partial charge in [0.1, 0.15) is 6.04 Å². The molecule has 0 saturated heterocycles. The van der Waals surface area contributed by atoms with Gasteiger partial charge < -0.3 is 19.7 Å². The molecular formula is C22H24Cl2N2O4. The van der Waals surface area contributed by atoms with Crippen molar-refractivity contribution in [2.45, 2.75) is 38.8 Å². The molecule has 160 valence electrons. The summed E-state index contributed by atoms with van der Waals surface area (Å²) in [5.41, 5.74) is 1.58. The molecule has 2 aromatic rings. The number of carbonyl (C=O) groups excluding carboxylic acids is 2. The van der Waals surface area contributed by atoms with Gasteiger partial charge in [-0.05, 0) is 42.7 Å². The van der Waals surface area contributed by atoms with Gasteiger partial charge in [0.25, 0.3) is 0 Å². The number of aryl methyl sites for hydroxylation is 1. The van der Waals surface area contributed by atoms with E-state index in [1.54, 1.807) is 30.1 Å². The molecule has 0 saturated carbocycles. The van der Waals surface area contributed by atoms with Crippen LogP contribution >= 0.6 is 23.2 Å².